The third-order valence-corrected chi connectivity index (χ3v) is 5.80. The van der Waals surface area contributed by atoms with Gasteiger partial charge in [0, 0.05) is 12.2 Å². The fourth-order valence-corrected chi connectivity index (χ4v) is 4.22. The smallest absolute Gasteiger partial charge is 0.243 e. The van der Waals surface area contributed by atoms with Crippen LogP contribution in [0, 0.1) is 12.8 Å². The molecule has 106 valence electrons. The van der Waals surface area contributed by atoms with Crippen LogP contribution < -0.4 is 5.73 Å². The van der Waals surface area contributed by atoms with Crippen LogP contribution in [0.25, 0.3) is 0 Å². The minimum atomic E-state index is -3.58. The monoisotopic (exact) mass is 284 g/mol. The highest BCUT2D eigenvalue weighted by Gasteiger charge is 2.39. The lowest BCUT2D eigenvalue weighted by molar-refractivity contribution is 0.191. The Morgan fingerprint density at radius 3 is 2.74 bits per heavy atom. The summed E-state index contributed by atoms with van der Waals surface area (Å²) in [6, 6.07) is 4.42. The summed E-state index contributed by atoms with van der Waals surface area (Å²) in [7, 11) is -3.58. The summed E-state index contributed by atoms with van der Waals surface area (Å²) < 4.78 is 26.5. The van der Waals surface area contributed by atoms with Crippen molar-refractivity contribution in [3.63, 3.8) is 0 Å². The molecule has 1 aromatic rings. The largest absolute Gasteiger partial charge is 0.398 e. The van der Waals surface area contributed by atoms with Gasteiger partial charge in [0.1, 0.15) is 0 Å². The Labute approximate surface area is 114 Å². The topological polar surface area (TPSA) is 83.6 Å². The second-order valence-corrected chi connectivity index (χ2v) is 7.04. The van der Waals surface area contributed by atoms with Crippen LogP contribution in [0.2, 0.25) is 0 Å². The highest BCUT2D eigenvalue weighted by atomic mass is 32.2. The number of nitrogen functional groups attached to an aromatic ring is 1. The number of benzene rings is 1. The normalized spacial score (nSPS) is 24.8. The third-order valence-electron chi connectivity index (χ3n) is 3.88. The molecule has 2 rings (SSSR count). The van der Waals surface area contributed by atoms with Gasteiger partial charge in [-0.15, -0.1) is 0 Å². The molecule has 1 aromatic carbocycles. The van der Waals surface area contributed by atoms with E-state index >= 15 is 0 Å². The molecule has 0 bridgehead atoms. The first-order valence-electron chi connectivity index (χ1n) is 6.36. The molecule has 5 nitrogen and oxygen atoms in total. The molecule has 3 N–H and O–H groups in total. The standard InChI is InChI=1S/C13H20N2O3S/c1-9-3-4-11(7-12(9)14)19(17,18)15-6-5-10(2)13(15)8-16/h3-4,7,10,13,16H,5-6,8,14H2,1-2H3. The molecular weight excluding hydrogens is 264 g/mol. The maximum absolute atomic E-state index is 12.6. The number of sulfonamides is 1. The quantitative estimate of drug-likeness (QED) is 0.810. The Hall–Kier alpha value is -1.11. The average molecular weight is 284 g/mol. The van der Waals surface area contributed by atoms with Crippen molar-refractivity contribution in [1.82, 2.24) is 4.31 Å². The Morgan fingerprint density at radius 1 is 1.47 bits per heavy atom. The van der Waals surface area contributed by atoms with Gasteiger partial charge in [0.2, 0.25) is 10.0 Å². The number of nitrogens with zero attached hydrogens (tertiary/aromatic N) is 1. The summed E-state index contributed by atoms with van der Waals surface area (Å²) >= 11 is 0. The van der Waals surface area contributed by atoms with Crippen molar-refractivity contribution in [3.8, 4) is 0 Å². The van der Waals surface area contributed by atoms with E-state index in [1.807, 2.05) is 13.8 Å². The van der Waals surface area contributed by atoms with E-state index in [4.69, 9.17) is 5.73 Å². The molecule has 19 heavy (non-hydrogen) atoms. The van der Waals surface area contributed by atoms with E-state index in [9.17, 15) is 13.5 Å². The maximum atomic E-state index is 12.6. The molecule has 1 aliphatic heterocycles. The predicted molar refractivity (Wildman–Crippen MR) is 74.1 cm³/mol. The Kier molecular flexibility index (Phi) is 3.85. The van der Waals surface area contributed by atoms with Gasteiger partial charge in [-0.3, -0.25) is 0 Å². The number of nitrogens with two attached hydrogens (primary N) is 1. The molecule has 1 fully saturated rings. The highest BCUT2D eigenvalue weighted by molar-refractivity contribution is 7.89. The number of anilines is 1. The van der Waals surface area contributed by atoms with Gasteiger partial charge in [0.05, 0.1) is 17.5 Å². The van der Waals surface area contributed by atoms with Crippen LogP contribution in [0.15, 0.2) is 23.1 Å². The Morgan fingerprint density at radius 2 is 2.16 bits per heavy atom. The maximum Gasteiger partial charge on any atom is 0.243 e. The van der Waals surface area contributed by atoms with Crippen molar-refractivity contribution in [2.24, 2.45) is 5.92 Å². The fraction of sp³-hybridized carbons (Fsp3) is 0.538. The second kappa shape index (κ2) is 5.11. The lowest BCUT2D eigenvalue weighted by Crippen LogP contribution is -2.39. The number of hydrogen-bond donors (Lipinski definition) is 2. The molecule has 0 radical (unpaired) electrons. The third kappa shape index (κ3) is 2.48. The molecule has 0 spiro atoms. The van der Waals surface area contributed by atoms with Crippen LogP contribution in [-0.4, -0.2) is 37.0 Å². The molecule has 1 aliphatic rings. The molecule has 0 saturated carbocycles. The van der Waals surface area contributed by atoms with Crippen LogP contribution in [0.4, 0.5) is 5.69 Å². The van der Waals surface area contributed by atoms with Gasteiger partial charge in [-0.05, 0) is 37.0 Å². The van der Waals surface area contributed by atoms with Crippen molar-refractivity contribution in [1.29, 1.82) is 0 Å². The van der Waals surface area contributed by atoms with E-state index in [0.717, 1.165) is 12.0 Å². The summed E-state index contributed by atoms with van der Waals surface area (Å²) in [6.45, 7) is 4.09. The first-order valence-corrected chi connectivity index (χ1v) is 7.80. The summed E-state index contributed by atoms with van der Waals surface area (Å²) in [5.74, 6) is 0.169. The van der Waals surface area contributed by atoms with Gasteiger partial charge in [0.15, 0.2) is 0 Å². The second-order valence-electron chi connectivity index (χ2n) is 5.15. The van der Waals surface area contributed by atoms with Crippen LogP contribution in [-0.2, 0) is 10.0 Å². The van der Waals surface area contributed by atoms with Crippen molar-refractivity contribution in [3.05, 3.63) is 23.8 Å². The lowest BCUT2D eigenvalue weighted by Gasteiger charge is -2.24. The van der Waals surface area contributed by atoms with E-state index in [1.165, 1.54) is 10.4 Å². The zero-order chi connectivity index (χ0) is 14.2. The van der Waals surface area contributed by atoms with E-state index in [0.29, 0.717) is 12.2 Å². The average Bonchev–Trinajstić information content (AvgIpc) is 2.74. The number of aliphatic hydroxyl groups is 1. The van der Waals surface area contributed by atoms with Gasteiger partial charge in [-0.2, -0.15) is 4.31 Å². The first kappa shape index (κ1) is 14.3. The molecule has 0 aromatic heterocycles. The van der Waals surface area contributed by atoms with Gasteiger partial charge in [-0.1, -0.05) is 13.0 Å². The number of aliphatic hydroxyl groups excluding tert-OH is 1. The minimum absolute atomic E-state index is 0.151. The van der Waals surface area contributed by atoms with Gasteiger partial charge in [-0.25, -0.2) is 8.42 Å². The summed E-state index contributed by atoms with van der Waals surface area (Å²) in [5.41, 5.74) is 7.10. The summed E-state index contributed by atoms with van der Waals surface area (Å²) in [4.78, 5) is 0.197. The first-order chi connectivity index (χ1) is 8.87. The predicted octanol–water partition coefficient (Wildman–Crippen LogP) is 0.969. The van der Waals surface area contributed by atoms with Crippen molar-refractivity contribution in [2.45, 2.75) is 31.2 Å². The van der Waals surface area contributed by atoms with Crippen LogP contribution in [0.1, 0.15) is 18.9 Å². The van der Waals surface area contributed by atoms with Crippen molar-refractivity contribution >= 4 is 15.7 Å². The molecule has 1 saturated heterocycles. The van der Waals surface area contributed by atoms with E-state index in [-0.39, 0.29) is 23.5 Å². The molecule has 2 unspecified atom stereocenters. The Balaban J connectivity index is 2.39. The van der Waals surface area contributed by atoms with E-state index in [2.05, 4.69) is 0 Å². The molecular formula is C13H20N2O3S. The van der Waals surface area contributed by atoms with Crippen molar-refractivity contribution < 1.29 is 13.5 Å². The van der Waals surface area contributed by atoms with Gasteiger partial charge < -0.3 is 10.8 Å². The van der Waals surface area contributed by atoms with Crippen molar-refractivity contribution in [2.75, 3.05) is 18.9 Å². The molecule has 1 heterocycles. The molecule has 6 heteroatoms. The molecule has 2 atom stereocenters. The SMILES string of the molecule is Cc1ccc(S(=O)(=O)N2CCC(C)C2CO)cc1N. The fourth-order valence-electron chi connectivity index (χ4n) is 2.46. The highest BCUT2D eigenvalue weighted by Crippen LogP contribution is 2.30. The molecule has 0 aliphatic carbocycles. The van der Waals surface area contributed by atoms with Gasteiger partial charge in [0.25, 0.3) is 0 Å². The zero-order valence-electron chi connectivity index (χ0n) is 11.2. The minimum Gasteiger partial charge on any atom is -0.398 e. The van der Waals surface area contributed by atoms with Crippen LogP contribution in [0.3, 0.4) is 0 Å². The number of rotatable bonds is 3. The number of hydrogen-bond acceptors (Lipinski definition) is 4. The van der Waals surface area contributed by atoms with E-state index < -0.39 is 10.0 Å². The zero-order valence-corrected chi connectivity index (χ0v) is 12.0. The van der Waals surface area contributed by atoms with Gasteiger partial charge >= 0.3 is 0 Å². The number of aryl methyl sites for hydroxylation is 1. The summed E-state index contributed by atoms with van der Waals surface area (Å²) in [5, 5.41) is 9.38. The lowest BCUT2D eigenvalue weighted by atomic mass is 10.0. The van der Waals surface area contributed by atoms with Crippen LogP contribution >= 0.6 is 0 Å². The summed E-state index contributed by atoms with van der Waals surface area (Å²) in [6.07, 6.45) is 0.770. The Bertz CT molecular complexity index is 571. The molecule has 0 amide bonds. The van der Waals surface area contributed by atoms with Crippen LogP contribution in [0.5, 0.6) is 0 Å². The van der Waals surface area contributed by atoms with E-state index in [1.54, 1.807) is 12.1 Å².